The molecule has 2 aliphatic rings. The van der Waals surface area contributed by atoms with E-state index in [2.05, 4.69) is 38.0 Å². The molecule has 1 aromatic carbocycles. The van der Waals surface area contributed by atoms with Crippen molar-refractivity contribution in [2.24, 2.45) is 21.1 Å². The number of hydrogen-bond acceptors (Lipinski definition) is 7. The molecule has 2 aromatic rings. The molecule has 0 spiro atoms. The van der Waals surface area contributed by atoms with E-state index < -0.39 is 4.92 Å². The quantitative estimate of drug-likeness (QED) is 0.402. The number of non-ortho nitro benzene ring substituents is 1. The third-order valence-electron chi connectivity index (χ3n) is 6.10. The van der Waals surface area contributed by atoms with Crippen LogP contribution in [0.4, 0.5) is 5.69 Å². The van der Waals surface area contributed by atoms with Gasteiger partial charge in [-0.25, -0.2) is 0 Å². The number of benzene rings is 1. The molecule has 0 saturated carbocycles. The van der Waals surface area contributed by atoms with Gasteiger partial charge in [0.15, 0.2) is 0 Å². The van der Waals surface area contributed by atoms with Gasteiger partial charge < -0.3 is 10.4 Å². The van der Waals surface area contributed by atoms with E-state index in [4.69, 9.17) is 4.98 Å². The first-order valence-electron chi connectivity index (χ1n) is 10.3. The lowest BCUT2D eigenvalue weighted by Crippen LogP contribution is -2.34. The Kier molecular flexibility index (Phi) is 4.83. The molecule has 0 fully saturated rings. The lowest BCUT2D eigenvalue weighted by atomic mass is 9.69. The summed E-state index contributed by atoms with van der Waals surface area (Å²) in [7, 11) is 0. The van der Waals surface area contributed by atoms with E-state index in [-0.39, 0.29) is 16.5 Å². The summed E-state index contributed by atoms with van der Waals surface area (Å²) in [6, 6.07) is 6.39. The molecule has 0 radical (unpaired) electrons. The first kappa shape index (κ1) is 21.0. The highest BCUT2D eigenvalue weighted by Gasteiger charge is 2.39. The summed E-state index contributed by atoms with van der Waals surface area (Å²) in [5, 5.41) is 38.4. The van der Waals surface area contributed by atoms with Gasteiger partial charge in [-0.3, -0.25) is 15.1 Å². The molecule has 0 atom stereocenters. The van der Waals surface area contributed by atoms with Gasteiger partial charge in [0.1, 0.15) is 0 Å². The van der Waals surface area contributed by atoms with Crippen molar-refractivity contribution in [1.29, 1.82) is 0 Å². The Labute approximate surface area is 180 Å². The largest absolute Gasteiger partial charge is 0.411 e. The van der Waals surface area contributed by atoms with Crippen LogP contribution in [0.2, 0.25) is 0 Å². The molecule has 2 N–H and O–H groups in total. The predicted molar refractivity (Wildman–Crippen MR) is 117 cm³/mol. The normalized spacial score (nSPS) is 21.5. The second-order valence-electron chi connectivity index (χ2n) is 10.1. The van der Waals surface area contributed by atoms with Crippen molar-refractivity contribution in [3.63, 3.8) is 0 Å². The molecule has 31 heavy (non-hydrogen) atoms. The van der Waals surface area contributed by atoms with Crippen LogP contribution in [0.3, 0.4) is 0 Å². The second kappa shape index (κ2) is 7.14. The first-order chi connectivity index (χ1) is 14.5. The number of oxime groups is 2. The summed E-state index contributed by atoms with van der Waals surface area (Å²) in [6.45, 7) is 8.39. The van der Waals surface area contributed by atoms with E-state index in [1.807, 2.05) is 0 Å². The van der Waals surface area contributed by atoms with Crippen LogP contribution in [0.15, 0.2) is 34.6 Å². The molecule has 1 heterocycles. The number of aromatic nitrogens is 1. The zero-order valence-electron chi connectivity index (χ0n) is 18.1. The zero-order chi connectivity index (χ0) is 22.6. The standard InChI is InChI=1S/C23H26N4O4/c1-22(2)9-15-20(17(11-22)25-28)19(13-6-5-7-14(8-13)27(30)31)21-16(24-15)10-23(3,4)12-18(21)26-29/h5-8,28-29H,9-12H2,1-4H3. The van der Waals surface area contributed by atoms with Crippen LogP contribution in [0.5, 0.6) is 0 Å². The van der Waals surface area contributed by atoms with Gasteiger partial charge in [0.25, 0.3) is 5.69 Å². The summed E-state index contributed by atoms with van der Waals surface area (Å²) < 4.78 is 0. The lowest BCUT2D eigenvalue weighted by molar-refractivity contribution is -0.384. The Hall–Kier alpha value is -3.29. The molecule has 8 heteroatoms. The summed E-state index contributed by atoms with van der Waals surface area (Å²) in [4.78, 5) is 16.0. The fourth-order valence-corrected chi connectivity index (χ4v) is 4.92. The molecule has 1 aromatic heterocycles. The number of nitro benzene ring substituents is 1. The third kappa shape index (κ3) is 3.66. The molecule has 4 rings (SSSR count). The third-order valence-corrected chi connectivity index (χ3v) is 6.10. The molecule has 2 aliphatic carbocycles. The van der Waals surface area contributed by atoms with Crippen molar-refractivity contribution in [3.8, 4) is 11.1 Å². The minimum atomic E-state index is -0.433. The minimum absolute atomic E-state index is 0.0333. The van der Waals surface area contributed by atoms with E-state index in [0.717, 1.165) is 11.4 Å². The average Bonchev–Trinajstić information content (AvgIpc) is 2.69. The van der Waals surface area contributed by atoms with Crippen LogP contribution in [0.25, 0.3) is 11.1 Å². The SMILES string of the molecule is CC1(C)CC(=NO)c2c(nc3c(c2-c2cccc([N+](=O)[O-])c2)C(=NO)CC(C)(C)C3)C1. The Morgan fingerprint density at radius 1 is 0.903 bits per heavy atom. The van der Waals surface area contributed by atoms with Crippen molar-refractivity contribution in [2.45, 2.75) is 53.4 Å². The number of rotatable bonds is 2. The van der Waals surface area contributed by atoms with E-state index >= 15 is 0 Å². The van der Waals surface area contributed by atoms with E-state index in [9.17, 15) is 20.5 Å². The predicted octanol–water partition coefficient (Wildman–Crippen LogP) is 4.96. The maximum absolute atomic E-state index is 11.4. The van der Waals surface area contributed by atoms with Gasteiger partial charge in [-0.1, -0.05) is 50.1 Å². The first-order valence-corrected chi connectivity index (χ1v) is 10.3. The van der Waals surface area contributed by atoms with Crippen molar-refractivity contribution < 1.29 is 15.3 Å². The minimum Gasteiger partial charge on any atom is -0.411 e. The molecular formula is C23H26N4O4. The summed E-state index contributed by atoms with van der Waals surface area (Å²) in [5.74, 6) is 0. The maximum atomic E-state index is 11.4. The van der Waals surface area contributed by atoms with Gasteiger partial charge in [-0.15, -0.1) is 0 Å². The summed E-state index contributed by atoms with van der Waals surface area (Å²) >= 11 is 0. The lowest BCUT2D eigenvalue weighted by Gasteiger charge is -2.37. The van der Waals surface area contributed by atoms with E-state index in [1.54, 1.807) is 12.1 Å². The van der Waals surface area contributed by atoms with Crippen molar-refractivity contribution in [1.82, 2.24) is 4.98 Å². The van der Waals surface area contributed by atoms with Crippen molar-refractivity contribution in [2.75, 3.05) is 0 Å². The highest BCUT2D eigenvalue weighted by molar-refractivity contribution is 6.15. The Balaban J connectivity index is 2.12. The highest BCUT2D eigenvalue weighted by Crippen LogP contribution is 2.45. The molecular weight excluding hydrogens is 396 g/mol. The zero-order valence-corrected chi connectivity index (χ0v) is 18.1. The molecule has 0 unspecified atom stereocenters. The van der Waals surface area contributed by atoms with E-state index in [1.165, 1.54) is 12.1 Å². The molecule has 0 bridgehead atoms. The maximum Gasteiger partial charge on any atom is 0.270 e. The van der Waals surface area contributed by atoms with E-state index in [0.29, 0.717) is 59.4 Å². The van der Waals surface area contributed by atoms with Crippen LogP contribution in [0, 0.1) is 20.9 Å². The number of pyridine rings is 1. The number of nitro groups is 1. The topological polar surface area (TPSA) is 121 Å². The summed E-state index contributed by atoms with van der Waals surface area (Å²) in [6.07, 6.45) is 2.44. The monoisotopic (exact) mass is 422 g/mol. The van der Waals surface area contributed by atoms with Crippen LogP contribution < -0.4 is 0 Å². The van der Waals surface area contributed by atoms with Gasteiger partial charge in [0, 0.05) is 28.8 Å². The second-order valence-corrected chi connectivity index (χ2v) is 10.1. The molecule has 0 amide bonds. The number of hydrogen-bond donors (Lipinski definition) is 2. The van der Waals surface area contributed by atoms with Gasteiger partial charge in [0.2, 0.25) is 0 Å². The Bertz CT molecular complexity index is 1090. The van der Waals surface area contributed by atoms with Crippen LogP contribution in [-0.4, -0.2) is 31.7 Å². The Morgan fingerprint density at radius 2 is 1.42 bits per heavy atom. The molecule has 0 saturated heterocycles. The van der Waals surface area contributed by atoms with Gasteiger partial charge in [-0.2, -0.15) is 0 Å². The van der Waals surface area contributed by atoms with Gasteiger partial charge >= 0.3 is 0 Å². The van der Waals surface area contributed by atoms with Crippen LogP contribution in [-0.2, 0) is 12.8 Å². The van der Waals surface area contributed by atoms with Crippen molar-refractivity contribution >= 4 is 17.1 Å². The smallest absolute Gasteiger partial charge is 0.270 e. The Morgan fingerprint density at radius 3 is 1.87 bits per heavy atom. The molecule has 8 nitrogen and oxygen atoms in total. The number of fused-ring (bicyclic) bond motifs is 2. The van der Waals surface area contributed by atoms with Crippen LogP contribution >= 0.6 is 0 Å². The highest BCUT2D eigenvalue weighted by atomic mass is 16.6. The van der Waals surface area contributed by atoms with Crippen LogP contribution in [0.1, 0.15) is 63.1 Å². The molecule has 162 valence electrons. The number of nitrogens with zero attached hydrogens (tertiary/aromatic N) is 4. The fraction of sp³-hybridized carbons (Fsp3) is 0.435. The fourth-order valence-electron chi connectivity index (χ4n) is 4.92. The van der Waals surface area contributed by atoms with Gasteiger partial charge in [0.05, 0.1) is 27.7 Å². The summed E-state index contributed by atoms with van der Waals surface area (Å²) in [5.41, 5.74) is 4.94. The molecule has 0 aliphatic heterocycles. The van der Waals surface area contributed by atoms with Gasteiger partial charge in [-0.05, 0) is 42.1 Å². The van der Waals surface area contributed by atoms with Crippen molar-refractivity contribution in [3.05, 3.63) is 56.9 Å². The average molecular weight is 422 g/mol.